The monoisotopic (exact) mass is 441 g/mol. The summed E-state index contributed by atoms with van der Waals surface area (Å²) < 4.78 is 47.2. The molecular formula is C22H20FN3O4S. The summed E-state index contributed by atoms with van der Waals surface area (Å²) in [5.41, 5.74) is 2.30. The van der Waals surface area contributed by atoms with Crippen LogP contribution in [-0.2, 0) is 16.4 Å². The molecule has 3 aromatic rings. The van der Waals surface area contributed by atoms with E-state index in [1.165, 1.54) is 18.3 Å². The van der Waals surface area contributed by atoms with Gasteiger partial charge in [-0.3, -0.25) is 14.5 Å². The maximum absolute atomic E-state index is 14.1. The molecule has 160 valence electrons. The third-order valence-corrected chi connectivity index (χ3v) is 6.28. The van der Waals surface area contributed by atoms with Crippen LogP contribution in [-0.4, -0.2) is 32.5 Å². The van der Waals surface area contributed by atoms with Crippen molar-refractivity contribution in [2.75, 3.05) is 22.8 Å². The van der Waals surface area contributed by atoms with E-state index >= 15 is 0 Å². The summed E-state index contributed by atoms with van der Waals surface area (Å²) in [6.07, 6.45) is 3.75. The minimum Gasteiger partial charge on any atom is -0.491 e. The van der Waals surface area contributed by atoms with E-state index in [1.807, 2.05) is 0 Å². The van der Waals surface area contributed by atoms with Crippen LogP contribution < -0.4 is 14.4 Å². The third-order valence-electron chi connectivity index (χ3n) is 4.90. The zero-order valence-corrected chi connectivity index (χ0v) is 17.5. The zero-order chi connectivity index (χ0) is 22.0. The first kappa shape index (κ1) is 20.8. The quantitative estimate of drug-likeness (QED) is 0.631. The standard InChI is InChI=1S/C22H20FN3O4S/c1-2-30-21-8-7-18(13-19(21)23)31(28,29)25-17-6-5-15-9-11-26(20(15)12-17)22(27)16-4-3-10-24-14-16/h3-8,10,12-14,25H,2,9,11H2,1H3. The summed E-state index contributed by atoms with van der Waals surface area (Å²) in [5.74, 6) is -0.976. The normalized spacial score (nSPS) is 13.0. The number of rotatable bonds is 6. The Labute approximate surface area is 179 Å². The van der Waals surface area contributed by atoms with Crippen LogP contribution in [0.3, 0.4) is 0 Å². The molecule has 1 aliphatic heterocycles. The minimum absolute atomic E-state index is 0.0106. The Morgan fingerprint density at radius 3 is 2.77 bits per heavy atom. The molecule has 0 fully saturated rings. The Morgan fingerprint density at radius 2 is 2.06 bits per heavy atom. The number of hydrogen-bond acceptors (Lipinski definition) is 5. The number of amides is 1. The molecule has 0 saturated carbocycles. The van der Waals surface area contributed by atoms with Crippen molar-refractivity contribution in [3.8, 4) is 5.75 Å². The Kier molecular flexibility index (Phi) is 5.60. The number of fused-ring (bicyclic) bond motifs is 1. The van der Waals surface area contributed by atoms with Crippen LogP contribution >= 0.6 is 0 Å². The summed E-state index contributed by atoms with van der Waals surface area (Å²) in [6, 6.07) is 11.9. The predicted octanol–water partition coefficient (Wildman–Crippen LogP) is 3.62. The number of hydrogen-bond donors (Lipinski definition) is 1. The van der Waals surface area contributed by atoms with E-state index in [-0.39, 0.29) is 28.8 Å². The molecule has 0 radical (unpaired) electrons. The van der Waals surface area contributed by atoms with Gasteiger partial charge in [0.25, 0.3) is 15.9 Å². The topological polar surface area (TPSA) is 88.6 Å². The number of nitrogens with zero attached hydrogens (tertiary/aromatic N) is 2. The molecule has 0 bridgehead atoms. The lowest BCUT2D eigenvalue weighted by atomic mass is 10.1. The van der Waals surface area contributed by atoms with Crippen LogP contribution in [0.15, 0.2) is 65.8 Å². The Balaban J connectivity index is 1.59. The van der Waals surface area contributed by atoms with Crippen molar-refractivity contribution in [3.05, 3.63) is 77.9 Å². The fourth-order valence-corrected chi connectivity index (χ4v) is 4.50. The number of anilines is 2. The fourth-order valence-electron chi connectivity index (χ4n) is 3.43. The summed E-state index contributed by atoms with van der Waals surface area (Å²) in [6.45, 7) is 2.47. The summed E-state index contributed by atoms with van der Waals surface area (Å²) in [7, 11) is -4.03. The smallest absolute Gasteiger partial charge is 0.262 e. The fraction of sp³-hybridized carbons (Fsp3) is 0.182. The van der Waals surface area contributed by atoms with Crippen molar-refractivity contribution in [1.29, 1.82) is 0 Å². The molecule has 0 aliphatic carbocycles. The first-order valence-corrected chi connectivity index (χ1v) is 11.2. The maximum atomic E-state index is 14.1. The van der Waals surface area contributed by atoms with Crippen LogP contribution in [0, 0.1) is 5.82 Å². The molecular weight excluding hydrogens is 421 g/mol. The number of aromatic nitrogens is 1. The van der Waals surface area contributed by atoms with Gasteiger partial charge in [-0.1, -0.05) is 6.07 Å². The van der Waals surface area contributed by atoms with Crippen LogP contribution in [0.2, 0.25) is 0 Å². The van der Waals surface area contributed by atoms with Gasteiger partial charge in [-0.15, -0.1) is 0 Å². The van der Waals surface area contributed by atoms with Crippen LogP contribution in [0.25, 0.3) is 0 Å². The number of pyridine rings is 1. The van der Waals surface area contributed by atoms with Gasteiger partial charge in [-0.25, -0.2) is 12.8 Å². The minimum atomic E-state index is -4.03. The van der Waals surface area contributed by atoms with Gasteiger partial charge < -0.3 is 9.64 Å². The lowest BCUT2D eigenvalue weighted by molar-refractivity contribution is 0.0989. The van der Waals surface area contributed by atoms with Gasteiger partial charge in [-0.05, 0) is 61.4 Å². The zero-order valence-electron chi connectivity index (χ0n) is 16.7. The molecule has 31 heavy (non-hydrogen) atoms. The van der Waals surface area contributed by atoms with Gasteiger partial charge >= 0.3 is 0 Å². The molecule has 1 aliphatic rings. The number of sulfonamides is 1. The van der Waals surface area contributed by atoms with E-state index in [9.17, 15) is 17.6 Å². The third kappa shape index (κ3) is 4.22. The molecule has 0 atom stereocenters. The van der Waals surface area contributed by atoms with Crippen LogP contribution in [0.4, 0.5) is 15.8 Å². The van der Waals surface area contributed by atoms with E-state index in [0.29, 0.717) is 24.2 Å². The van der Waals surface area contributed by atoms with Crippen molar-refractivity contribution >= 4 is 27.3 Å². The van der Waals surface area contributed by atoms with Crippen molar-refractivity contribution < 1.29 is 22.3 Å². The van der Waals surface area contributed by atoms with Gasteiger partial charge in [0.1, 0.15) is 0 Å². The van der Waals surface area contributed by atoms with E-state index in [4.69, 9.17) is 4.74 Å². The van der Waals surface area contributed by atoms with Gasteiger partial charge in [0.05, 0.1) is 22.8 Å². The van der Waals surface area contributed by atoms with E-state index in [2.05, 4.69) is 9.71 Å². The van der Waals surface area contributed by atoms with Crippen molar-refractivity contribution in [2.24, 2.45) is 0 Å². The van der Waals surface area contributed by atoms with Gasteiger partial charge in [0.15, 0.2) is 11.6 Å². The van der Waals surface area contributed by atoms with Crippen molar-refractivity contribution in [2.45, 2.75) is 18.2 Å². The van der Waals surface area contributed by atoms with E-state index in [1.54, 1.807) is 48.4 Å². The Bertz CT molecular complexity index is 1230. The number of ether oxygens (including phenoxy) is 1. The second-order valence-electron chi connectivity index (χ2n) is 6.92. The highest BCUT2D eigenvalue weighted by molar-refractivity contribution is 7.92. The average Bonchev–Trinajstić information content (AvgIpc) is 3.18. The Morgan fingerprint density at radius 1 is 1.23 bits per heavy atom. The number of benzene rings is 2. The molecule has 9 heteroatoms. The molecule has 1 N–H and O–H groups in total. The molecule has 0 spiro atoms. The first-order valence-electron chi connectivity index (χ1n) is 9.69. The number of carbonyl (C=O) groups is 1. The van der Waals surface area contributed by atoms with E-state index in [0.717, 1.165) is 11.6 Å². The summed E-state index contributed by atoms with van der Waals surface area (Å²) >= 11 is 0. The lowest BCUT2D eigenvalue weighted by Gasteiger charge is -2.18. The second kappa shape index (κ2) is 8.35. The highest BCUT2D eigenvalue weighted by Gasteiger charge is 2.27. The molecule has 2 aromatic carbocycles. The maximum Gasteiger partial charge on any atom is 0.262 e. The van der Waals surface area contributed by atoms with E-state index < -0.39 is 15.8 Å². The highest BCUT2D eigenvalue weighted by Crippen LogP contribution is 2.33. The average molecular weight is 441 g/mol. The van der Waals surface area contributed by atoms with Gasteiger partial charge in [-0.2, -0.15) is 0 Å². The predicted molar refractivity (Wildman–Crippen MR) is 114 cm³/mol. The molecule has 2 heterocycles. The SMILES string of the molecule is CCOc1ccc(S(=O)(=O)Nc2ccc3c(c2)N(C(=O)c2cccnc2)CC3)cc1F. The molecule has 1 aromatic heterocycles. The number of nitrogens with one attached hydrogen (secondary N) is 1. The van der Waals surface area contributed by atoms with Crippen LogP contribution in [0.5, 0.6) is 5.75 Å². The number of halogens is 1. The largest absolute Gasteiger partial charge is 0.491 e. The molecule has 0 saturated heterocycles. The van der Waals surface area contributed by atoms with Crippen LogP contribution in [0.1, 0.15) is 22.8 Å². The summed E-state index contributed by atoms with van der Waals surface area (Å²) in [4.78, 5) is 18.2. The second-order valence-corrected chi connectivity index (χ2v) is 8.61. The molecule has 1 amide bonds. The van der Waals surface area contributed by atoms with Gasteiger partial charge in [0.2, 0.25) is 0 Å². The molecule has 0 unspecified atom stereocenters. The number of carbonyl (C=O) groups excluding carboxylic acids is 1. The highest BCUT2D eigenvalue weighted by atomic mass is 32.2. The summed E-state index contributed by atoms with van der Waals surface area (Å²) in [5, 5.41) is 0. The lowest BCUT2D eigenvalue weighted by Crippen LogP contribution is -2.29. The van der Waals surface area contributed by atoms with Crippen molar-refractivity contribution in [3.63, 3.8) is 0 Å². The molecule has 4 rings (SSSR count). The van der Waals surface area contributed by atoms with Crippen molar-refractivity contribution in [1.82, 2.24) is 4.98 Å². The first-order chi connectivity index (χ1) is 14.9. The Hall–Kier alpha value is -3.46. The molecule has 7 nitrogen and oxygen atoms in total. The van der Waals surface area contributed by atoms with Gasteiger partial charge in [0, 0.05) is 24.6 Å².